The average Bonchev–Trinajstić information content (AvgIpc) is 2.72. The molecule has 0 aromatic carbocycles. The van der Waals surface area contributed by atoms with Crippen LogP contribution in [0, 0.1) is 0 Å². The molecule has 0 saturated carbocycles. The number of rotatable bonds is 6. The zero-order chi connectivity index (χ0) is 12.1. The molecule has 1 amide bonds. The van der Waals surface area contributed by atoms with E-state index in [1.807, 2.05) is 6.92 Å². The van der Waals surface area contributed by atoms with Crippen LogP contribution in [0.15, 0.2) is 12.5 Å². The first-order chi connectivity index (χ1) is 7.65. The van der Waals surface area contributed by atoms with E-state index in [9.17, 15) is 9.59 Å². The smallest absolute Gasteiger partial charge is 0.332 e. The number of aromatic nitrogens is 2. The summed E-state index contributed by atoms with van der Waals surface area (Å²) in [5.74, 6) is -1.05. The molecule has 0 aliphatic rings. The number of hydrogen-bond donors (Lipinski definition) is 1. The summed E-state index contributed by atoms with van der Waals surface area (Å²) < 4.78 is 1.71. The summed E-state index contributed by atoms with van der Waals surface area (Å²) >= 11 is 0. The number of carbonyl (C=O) groups is 2. The molecule has 0 fully saturated rings. The summed E-state index contributed by atoms with van der Waals surface area (Å²) in [6.07, 6.45) is 3.59. The molecule has 1 unspecified atom stereocenters. The summed E-state index contributed by atoms with van der Waals surface area (Å²) in [5.41, 5.74) is 0.518. The molecule has 0 radical (unpaired) electrons. The van der Waals surface area contributed by atoms with Gasteiger partial charge < -0.3 is 14.6 Å². The first-order valence-electron chi connectivity index (χ1n) is 5.09. The van der Waals surface area contributed by atoms with Crippen LogP contribution < -0.4 is 0 Å². The molecule has 1 aromatic rings. The van der Waals surface area contributed by atoms with Crippen molar-refractivity contribution < 1.29 is 14.7 Å². The number of nitrogens with zero attached hydrogens (tertiary/aromatic N) is 3. The highest BCUT2D eigenvalue weighted by molar-refractivity contribution is 5.77. The molecule has 6 heteroatoms. The second-order valence-corrected chi connectivity index (χ2v) is 3.28. The van der Waals surface area contributed by atoms with Crippen LogP contribution in [0.3, 0.4) is 0 Å². The Morgan fingerprint density at radius 3 is 2.81 bits per heavy atom. The van der Waals surface area contributed by atoms with Crippen LogP contribution in [0.25, 0.3) is 0 Å². The maximum atomic E-state index is 11.2. The van der Waals surface area contributed by atoms with E-state index in [2.05, 4.69) is 4.98 Å². The minimum atomic E-state index is -1.05. The topological polar surface area (TPSA) is 75.4 Å². The highest BCUT2D eigenvalue weighted by Crippen LogP contribution is 2.19. The quantitative estimate of drug-likeness (QED) is 0.715. The number of amides is 1. The van der Waals surface area contributed by atoms with Crippen molar-refractivity contribution in [3.63, 3.8) is 0 Å². The van der Waals surface area contributed by atoms with E-state index in [1.54, 1.807) is 17.8 Å². The Bertz CT molecular complexity index is 375. The number of imidazole rings is 1. The monoisotopic (exact) mass is 225 g/mol. The predicted molar refractivity (Wildman–Crippen MR) is 56.7 cm³/mol. The lowest BCUT2D eigenvalue weighted by atomic mass is 10.2. The van der Waals surface area contributed by atoms with Crippen molar-refractivity contribution in [2.24, 2.45) is 0 Å². The summed E-state index contributed by atoms with van der Waals surface area (Å²) in [7, 11) is 0. The molecular formula is C10H15N3O3. The lowest BCUT2D eigenvalue weighted by Gasteiger charge is -2.24. The fourth-order valence-electron chi connectivity index (χ4n) is 1.58. The van der Waals surface area contributed by atoms with Gasteiger partial charge in [-0.1, -0.05) is 0 Å². The Hall–Kier alpha value is -1.85. The highest BCUT2D eigenvalue weighted by Gasteiger charge is 2.28. The summed E-state index contributed by atoms with van der Waals surface area (Å²) in [4.78, 5) is 27.1. The van der Waals surface area contributed by atoms with E-state index in [0.717, 1.165) is 0 Å². The van der Waals surface area contributed by atoms with Gasteiger partial charge in [-0.25, -0.2) is 9.78 Å². The predicted octanol–water partition coefficient (Wildman–Crippen LogP) is 0.507. The molecule has 0 aliphatic heterocycles. The molecule has 16 heavy (non-hydrogen) atoms. The first kappa shape index (κ1) is 12.2. The molecule has 6 nitrogen and oxygen atoms in total. The fourth-order valence-corrected chi connectivity index (χ4v) is 1.58. The summed E-state index contributed by atoms with van der Waals surface area (Å²) in [6.45, 7) is 4.59. The van der Waals surface area contributed by atoms with Crippen molar-refractivity contribution in [2.75, 3.05) is 6.54 Å². The van der Waals surface area contributed by atoms with Gasteiger partial charge in [0.25, 0.3) is 0 Å². The van der Waals surface area contributed by atoms with Crippen molar-refractivity contribution >= 4 is 12.4 Å². The Labute approximate surface area is 93.5 Å². The van der Waals surface area contributed by atoms with Crippen LogP contribution in [0.5, 0.6) is 0 Å². The SMILES string of the molecule is CCN(C=O)C(C(=O)O)c1cncn1CC. The van der Waals surface area contributed by atoms with Crippen molar-refractivity contribution in [2.45, 2.75) is 26.4 Å². The van der Waals surface area contributed by atoms with Gasteiger partial charge in [0, 0.05) is 13.1 Å². The van der Waals surface area contributed by atoms with Gasteiger partial charge in [-0.05, 0) is 13.8 Å². The van der Waals surface area contributed by atoms with Gasteiger partial charge >= 0.3 is 5.97 Å². The minimum absolute atomic E-state index is 0.343. The van der Waals surface area contributed by atoms with Crippen LogP contribution >= 0.6 is 0 Å². The Kier molecular flexibility index (Phi) is 4.04. The second kappa shape index (κ2) is 5.29. The molecule has 1 rings (SSSR count). The molecule has 1 aromatic heterocycles. The van der Waals surface area contributed by atoms with Crippen LogP contribution in [0.1, 0.15) is 25.6 Å². The third-order valence-electron chi connectivity index (χ3n) is 2.43. The van der Waals surface area contributed by atoms with Gasteiger partial charge in [0.05, 0.1) is 18.2 Å². The zero-order valence-electron chi connectivity index (χ0n) is 9.33. The van der Waals surface area contributed by atoms with E-state index in [-0.39, 0.29) is 0 Å². The average molecular weight is 225 g/mol. The van der Waals surface area contributed by atoms with E-state index >= 15 is 0 Å². The highest BCUT2D eigenvalue weighted by atomic mass is 16.4. The van der Waals surface area contributed by atoms with E-state index in [0.29, 0.717) is 25.2 Å². The van der Waals surface area contributed by atoms with Crippen LogP contribution in [-0.2, 0) is 16.1 Å². The van der Waals surface area contributed by atoms with Crippen LogP contribution in [0.2, 0.25) is 0 Å². The Morgan fingerprint density at radius 1 is 1.69 bits per heavy atom. The molecule has 0 bridgehead atoms. The molecular weight excluding hydrogens is 210 g/mol. The molecule has 1 N–H and O–H groups in total. The normalized spacial score (nSPS) is 12.1. The number of hydrogen-bond acceptors (Lipinski definition) is 3. The van der Waals surface area contributed by atoms with Gasteiger partial charge in [0.1, 0.15) is 0 Å². The van der Waals surface area contributed by atoms with Crippen molar-refractivity contribution in [3.8, 4) is 0 Å². The number of carbonyl (C=O) groups excluding carboxylic acids is 1. The number of aliphatic carboxylic acids is 1. The lowest BCUT2D eigenvalue weighted by Crippen LogP contribution is -2.34. The molecule has 0 aliphatic carbocycles. The van der Waals surface area contributed by atoms with E-state index in [4.69, 9.17) is 5.11 Å². The van der Waals surface area contributed by atoms with Crippen molar-refractivity contribution in [3.05, 3.63) is 18.2 Å². The first-order valence-corrected chi connectivity index (χ1v) is 5.09. The van der Waals surface area contributed by atoms with Gasteiger partial charge in [0.15, 0.2) is 6.04 Å². The maximum absolute atomic E-state index is 11.2. The van der Waals surface area contributed by atoms with Crippen LogP contribution in [0.4, 0.5) is 0 Å². The largest absolute Gasteiger partial charge is 0.479 e. The second-order valence-electron chi connectivity index (χ2n) is 3.28. The number of aryl methyl sites for hydroxylation is 1. The summed E-state index contributed by atoms with van der Waals surface area (Å²) in [5, 5.41) is 9.16. The number of carboxylic acid groups (broad SMARTS) is 1. The summed E-state index contributed by atoms with van der Waals surface area (Å²) in [6, 6.07) is -0.968. The lowest BCUT2D eigenvalue weighted by molar-refractivity contribution is -0.146. The van der Waals surface area contributed by atoms with Gasteiger partial charge in [-0.2, -0.15) is 0 Å². The van der Waals surface area contributed by atoms with Gasteiger partial charge in [-0.15, -0.1) is 0 Å². The number of carboxylic acids is 1. The third-order valence-corrected chi connectivity index (χ3v) is 2.43. The molecule has 0 spiro atoms. The third kappa shape index (κ3) is 2.21. The number of likely N-dealkylation sites (N-methyl/N-ethyl adjacent to an activating group) is 1. The van der Waals surface area contributed by atoms with Crippen molar-refractivity contribution in [1.82, 2.24) is 14.5 Å². The Balaban J connectivity index is 3.11. The maximum Gasteiger partial charge on any atom is 0.332 e. The van der Waals surface area contributed by atoms with E-state index < -0.39 is 12.0 Å². The molecule has 1 heterocycles. The Morgan fingerprint density at radius 2 is 2.38 bits per heavy atom. The zero-order valence-corrected chi connectivity index (χ0v) is 9.33. The minimum Gasteiger partial charge on any atom is -0.479 e. The molecule has 1 atom stereocenters. The fraction of sp³-hybridized carbons (Fsp3) is 0.500. The van der Waals surface area contributed by atoms with Crippen molar-refractivity contribution in [1.29, 1.82) is 0 Å². The molecule has 88 valence electrons. The van der Waals surface area contributed by atoms with Gasteiger partial charge in [0.2, 0.25) is 6.41 Å². The van der Waals surface area contributed by atoms with E-state index in [1.165, 1.54) is 11.1 Å². The van der Waals surface area contributed by atoms with Gasteiger partial charge in [-0.3, -0.25) is 4.79 Å². The molecule has 0 saturated heterocycles. The standard InChI is InChI=1S/C10H15N3O3/c1-3-12-6-11-5-8(12)9(10(15)16)13(4-2)7-14/h5-7,9H,3-4H2,1-2H3,(H,15,16). The van der Waals surface area contributed by atoms with Crippen LogP contribution in [-0.4, -0.2) is 38.5 Å².